The number of thiocarbonyl (C=S) groups is 1. The van der Waals surface area contributed by atoms with Gasteiger partial charge in [0, 0.05) is 11.6 Å². The van der Waals surface area contributed by atoms with Crippen molar-refractivity contribution in [3.05, 3.63) is 22.7 Å². The molecular formula is C12H15BrN2O2S. The fourth-order valence-electron chi connectivity index (χ4n) is 1.16. The summed E-state index contributed by atoms with van der Waals surface area (Å²) < 4.78 is 5.94. The molecule has 0 aliphatic heterocycles. The molecule has 1 aromatic carbocycles. The SMILES string of the molecule is COc1ccc(NC(=S)NC(=O)C(C)C)cc1Br. The van der Waals surface area contributed by atoms with Crippen LogP contribution >= 0.6 is 28.1 Å². The summed E-state index contributed by atoms with van der Waals surface area (Å²) >= 11 is 8.42. The van der Waals surface area contributed by atoms with Crippen LogP contribution in [0.3, 0.4) is 0 Å². The van der Waals surface area contributed by atoms with Crippen LogP contribution in [0.4, 0.5) is 5.69 Å². The summed E-state index contributed by atoms with van der Waals surface area (Å²) in [6.45, 7) is 3.61. The minimum atomic E-state index is -0.111. The maximum absolute atomic E-state index is 11.4. The molecule has 0 bridgehead atoms. The van der Waals surface area contributed by atoms with E-state index in [1.807, 2.05) is 26.0 Å². The van der Waals surface area contributed by atoms with Gasteiger partial charge in [-0.2, -0.15) is 0 Å². The van der Waals surface area contributed by atoms with Gasteiger partial charge in [-0.15, -0.1) is 0 Å². The fraction of sp³-hybridized carbons (Fsp3) is 0.333. The van der Waals surface area contributed by atoms with Crippen LogP contribution in [0.1, 0.15) is 13.8 Å². The lowest BCUT2D eigenvalue weighted by Crippen LogP contribution is -2.36. The zero-order valence-electron chi connectivity index (χ0n) is 10.4. The van der Waals surface area contributed by atoms with Gasteiger partial charge >= 0.3 is 0 Å². The number of hydrogen-bond donors (Lipinski definition) is 2. The van der Waals surface area contributed by atoms with Crippen molar-refractivity contribution in [1.29, 1.82) is 0 Å². The third kappa shape index (κ3) is 4.27. The van der Waals surface area contributed by atoms with Crippen LogP contribution in [0.5, 0.6) is 5.75 Å². The van der Waals surface area contributed by atoms with Crippen LogP contribution in [-0.4, -0.2) is 18.1 Å². The molecule has 0 unspecified atom stereocenters. The van der Waals surface area contributed by atoms with Crippen molar-refractivity contribution in [2.24, 2.45) is 5.92 Å². The predicted octanol–water partition coefficient (Wildman–Crippen LogP) is 2.93. The largest absolute Gasteiger partial charge is 0.496 e. The molecule has 0 saturated carbocycles. The van der Waals surface area contributed by atoms with Gasteiger partial charge in [0.15, 0.2) is 5.11 Å². The molecule has 1 rings (SSSR count). The van der Waals surface area contributed by atoms with Crippen molar-refractivity contribution in [2.75, 3.05) is 12.4 Å². The molecule has 98 valence electrons. The molecule has 0 spiro atoms. The molecule has 4 nitrogen and oxygen atoms in total. The molecule has 1 amide bonds. The number of amides is 1. The Morgan fingerprint density at radius 1 is 1.44 bits per heavy atom. The number of rotatable bonds is 3. The van der Waals surface area contributed by atoms with Gasteiger partial charge in [-0.25, -0.2) is 0 Å². The topological polar surface area (TPSA) is 50.4 Å². The van der Waals surface area contributed by atoms with Crippen molar-refractivity contribution in [1.82, 2.24) is 5.32 Å². The Morgan fingerprint density at radius 3 is 2.61 bits per heavy atom. The third-order valence-corrected chi connectivity index (χ3v) is 2.99. The summed E-state index contributed by atoms with van der Waals surface area (Å²) in [5, 5.41) is 5.83. The minimum absolute atomic E-state index is 0.104. The maximum Gasteiger partial charge on any atom is 0.228 e. The molecular weight excluding hydrogens is 316 g/mol. The van der Waals surface area contributed by atoms with Crippen LogP contribution in [0, 0.1) is 5.92 Å². The van der Waals surface area contributed by atoms with Gasteiger partial charge in [0.25, 0.3) is 0 Å². The highest BCUT2D eigenvalue weighted by Crippen LogP contribution is 2.27. The molecule has 0 heterocycles. The first-order valence-corrected chi connectivity index (χ1v) is 6.59. The molecule has 0 radical (unpaired) electrons. The highest BCUT2D eigenvalue weighted by atomic mass is 79.9. The number of carbonyl (C=O) groups is 1. The van der Waals surface area contributed by atoms with Crippen molar-refractivity contribution in [3.8, 4) is 5.75 Å². The van der Waals surface area contributed by atoms with E-state index in [1.165, 1.54) is 0 Å². The number of carbonyl (C=O) groups excluding carboxylic acids is 1. The zero-order chi connectivity index (χ0) is 13.7. The van der Waals surface area contributed by atoms with Gasteiger partial charge in [-0.1, -0.05) is 13.8 Å². The molecule has 0 aliphatic carbocycles. The normalized spacial score (nSPS) is 10.1. The first kappa shape index (κ1) is 14.9. The van der Waals surface area contributed by atoms with Gasteiger partial charge in [-0.05, 0) is 46.3 Å². The Kier molecular flexibility index (Phi) is 5.55. The van der Waals surface area contributed by atoms with Crippen LogP contribution in [-0.2, 0) is 4.79 Å². The number of methoxy groups -OCH3 is 1. The maximum atomic E-state index is 11.4. The molecule has 6 heteroatoms. The quantitative estimate of drug-likeness (QED) is 0.836. The van der Waals surface area contributed by atoms with Gasteiger partial charge in [0.1, 0.15) is 5.75 Å². The molecule has 1 aromatic rings. The summed E-state index contributed by atoms with van der Waals surface area (Å²) in [6, 6.07) is 5.45. The number of nitrogens with one attached hydrogen (secondary N) is 2. The second-order valence-electron chi connectivity index (χ2n) is 3.95. The Morgan fingerprint density at radius 2 is 2.11 bits per heavy atom. The van der Waals surface area contributed by atoms with E-state index in [1.54, 1.807) is 13.2 Å². The lowest BCUT2D eigenvalue weighted by atomic mass is 10.2. The van der Waals surface area contributed by atoms with Gasteiger partial charge < -0.3 is 15.4 Å². The van der Waals surface area contributed by atoms with E-state index in [4.69, 9.17) is 17.0 Å². The van der Waals surface area contributed by atoms with Crippen LogP contribution in [0.25, 0.3) is 0 Å². The lowest BCUT2D eigenvalue weighted by molar-refractivity contribution is -0.122. The highest BCUT2D eigenvalue weighted by molar-refractivity contribution is 9.10. The Hall–Kier alpha value is -1.14. The summed E-state index contributed by atoms with van der Waals surface area (Å²) in [7, 11) is 1.60. The minimum Gasteiger partial charge on any atom is -0.496 e. The van der Waals surface area contributed by atoms with Crippen LogP contribution in [0.15, 0.2) is 22.7 Å². The Bertz CT molecular complexity index is 463. The predicted molar refractivity (Wildman–Crippen MR) is 79.9 cm³/mol. The van der Waals surface area contributed by atoms with E-state index < -0.39 is 0 Å². The van der Waals surface area contributed by atoms with Crippen LogP contribution in [0.2, 0.25) is 0 Å². The molecule has 18 heavy (non-hydrogen) atoms. The summed E-state index contributed by atoms with van der Waals surface area (Å²) in [5.74, 6) is 0.519. The zero-order valence-corrected chi connectivity index (χ0v) is 12.8. The van der Waals surface area contributed by atoms with Gasteiger partial charge in [0.2, 0.25) is 5.91 Å². The third-order valence-electron chi connectivity index (χ3n) is 2.17. The molecule has 0 atom stereocenters. The van der Waals surface area contributed by atoms with E-state index in [-0.39, 0.29) is 16.9 Å². The van der Waals surface area contributed by atoms with Gasteiger partial charge in [-0.3, -0.25) is 4.79 Å². The smallest absolute Gasteiger partial charge is 0.228 e. The number of halogens is 1. The van der Waals surface area contributed by atoms with E-state index in [0.717, 1.165) is 15.9 Å². The summed E-state index contributed by atoms with van der Waals surface area (Å²) in [5.41, 5.74) is 0.775. The Balaban J connectivity index is 2.65. The molecule has 0 fully saturated rings. The standard InChI is InChI=1S/C12H15BrN2O2S/c1-7(2)11(16)15-12(18)14-8-4-5-10(17-3)9(13)6-8/h4-7H,1-3H3,(H2,14,15,16,18). The number of hydrogen-bond acceptors (Lipinski definition) is 3. The molecule has 0 aliphatic rings. The average Bonchev–Trinajstić information content (AvgIpc) is 2.28. The van der Waals surface area contributed by atoms with Crippen molar-refractivity contribution >= 4 is 44.9 Å². The second-order valence-corrected chi connectivity index (χ2v) is 5.21. The van der Waals surface area contributed by atoms with E-state index in [0.29, 0.717) is 0 Å². The van der Waals surface area contributed by atoms with Crippen molar-refractivity contribution < 1.29 is 9.53 Å². The fourth-order valence-corrected chi connectivity index (χ4v) is 1.92. The van der Waals surface area contributed by atoms with Crippen molar-refractivity contribution in [3.63, 3.8) is 0 Å². The first-order chi connectivity index (χ1) is 8.43. The first-order valence-electron chi connectivity index (χ1n) is 5.39. The van der Waals surface area contributed by atoms with E-state index in [2.05, 4.69) is 26.6 Å². The van der Waals surface area contributed by atoms with Crippen molar-refractivity contribution in [2.45, 2.75) is 13.8 Å². The van der Waals surface area contributed by atoms with E-state index in [9.17, 15) is 4.79 Å². The molecule has 0 saturated heterocycles. The van der Waals surface area contributed by atoms with Gasteiger partial charge in [0.05, 0.1) is 11.6 Å². The summed E-state index contributed by atoms with van der Waals surface area (Å²) in [6.07, 6.45) is 0. The van der Waals surface area contributed by atoms with E-state index >= 15 is 0 Å². The lowest BCUT2D eigenvalue weighted by Gasteiger charge is -2.12. The Labute approximate surface area is 120 Å². The average molecular weight is 331 g/mol. The van der Waals surface area contributed by atoms with Crippen LogP contribution < -0.4 is 15.4 Å². The highest BCUT2D eigenvalue weighted by Gasteiger charge is 2.09. The molecule has 2 N–H and O–H groups in total. The number of ether oxygens (including phenoxy) is 1. The monoisotopic (exact) mass is 330 g/mol. The number of anilines is 1. The molecule has 0 aromatic heterocycles. The summed E-state index contributed by atoms with van der Waals surface area (Å²) in [4.78, 5) is 11.4. The second kappa shape index (κ2) is 6.70. The number of benzene rings is 1.